The normalized spacial score (nSPS) is 10.6. The first-order valence-corrected chi connectivity index (χ1v) is 7.05. The Morgan fingerprint density at radius 1 is 1.33 bits per heavy atom. The van der Waals surface area contributed by atoms with Crippen molar-refractivity contribution in [2.75, 3.05) is 0 Å². The van der Waals surface area contributed by atoms with Crippen molar-refractivity contribution in [2.24, 2.45) is 5.73 Å². The van der Waals surface area contributed by atoms with Crippen LogP contribution in [0.4, 0.5) is 0 Å². The molecule has 0 aliphatic carbocycles. The van der Waals surface area contributed by atoms with E-state index in [1.165, 1.54) is 4.57 Å². The highest BCUT2D eigenvalue weighted by Crippen LogP contribution is 2.12. The van der Waals surface area contributed by atoms with Gasteiger partial charge in [-0.15, -0.1) is 0 Å². The summed E-state index contributed by atoms with van der Waals surface area (Å²) in [4.78, 5) is 26.1. The van der Waals surface area contributed by atoms with Gasteiger partial charge < -0.3 is 5.73 Å². The summed E-state index contributed by atoms with van der Waals surface area (Å²) in [5.74, 6) is 0. The standard InChI is InChI=1S/C15H17N3O2S/c1-3-10-7-18(15(20)17-14(10)19)8-12-5-4-11(13(16)21)6-9(12)2/h4-7H,3,8H2,1-2H3,(H2,16,21)(H,17,19,20). The quantitative estimate of drug-likeness (QED) is 0.829. The lowest BCUT2D eigenvalue weighted by Crippen LogP contribution is -2.32. The van der Waals surface area contributed by atoms with E-state index in [2.05, 4.69) is 4.98 Å². The van der Waals surface area contributed by atoms with Crippen molar-refractivity contribution < 1.29 is 0 Å². The molecule has 1 aromatic carbocycles. The second-order valence-electron chi connectivity index (χ2n) is 4.90. The number of benzene rings is 1. The van der Waals surface area contributed by atoms with Gasteiger partial charge in [0.25, 0.3) is 5.56 Å². The molecular formula is C15H17N3O2S. The number of hydrogen-bond acceptors (Lipinski definition) is 3. The zero-order chi connectivity index (χ0) is 15.6. The predicted molar refractivity (Wildman–Crippen MR) is 86.9 cm³/mol. The maximum atomic E-state index is 11.9. The highest BCUT2D eigenvalue weighted by molar-refractivity contribution is 7.80. The smallest absolute Gasteiger partial charge is 0.328 e. The summed E-state index contributed by atoms with van der Waals surface area (Å²) >= 11 is 4.95. The number of nitrogens with one attached hydrogen (secondary N) is 1. The summed E-state index contributed by atoms with van der Waals surface area (Å²) in [6, 6.07) is 5.63. The van der Waals surface area contributed by atoms with Crippen LogP contribution in [0.1, 0.15) is 29.2 Å². The Kier molecular flexibility index (Phi) is 4.37. The van der Waals surface area contributed by atoms with Crippen LogP contribution in [0.25, 0.3) is 0 Å². The molecular weight excluding hydrogens is 286 g/mol. The van der Waals surface area contributed by atoms with Gasteiger partial charge in [0, 0.05) is 17.3 Å². The van der Waals surface area contributed by atoms with Crippen molar-refractivity contribution in [1.29, 1.82) is 0 Å². The van der Waals surface area contributed by atoms with Gasteiger partial charge in [-0.2, -0.15) is 0 Å². The van der Waals surface area contributed by atoms with Gasteiger partial charge in [-0.25, -0.2) is 4.79 Å². The molecule has 0 unspecified atom stereocenters. The highest BCUT2D eigenvalue weighted by atomic mass is 32.1. The summed E-state index contributed by atoms with van der Waals surface area (Å²) in [5.41, 5.74) is 8.24. The maximum Gasteiger partial charge on any atom is 0.328 e. The minimum absolute atomic E-state index is 0.320. The molecule has 21 heavy (non-hydrogen) atoms. The second-order valence-corrected chi connectivity index (χ2v) is 5.34. The fourth-order valence-corrected chi connectivity index (χ4v) is 2.26. The number of aromatic nitrogens is 2. The van der Waals surface area contributed by atoms with Crippen LogP contribution < -0.4 is 17.0 Å². The third-order valence-corrected chi connectivity index (χ3v) is 3.67. The van der Waals surface area contributed by atoms with Crippen molar-refractivity contribution in [2.45, 2.75) is 26.8 Å². The molecule has 2 rings (SSSR count). The average Bonchev–Trinajstić information content (AvgIpc) is 2.43. The molecule has 1 heterocycles. The summed E-state index contributed by atoms with van der Waals surface area (Å²) in [6.07, 6.45) is 2.19. The molecule has 3 N–H and O–H groups in total. The molecule has 6 heteroatoms. The van der Waals surface area contributed by atoms with E-state index < -0.39 is 5.69 Å². The summed E-state index contributed by atoms with van der Waals surface area (Å²) in [6.45, 7) is 4.21. The van der Waals surface area contributed by atoms with Crippen molar-refractivity contribution in [3.05, 3.63) is 67.5 Å². The van der Waals surface area contributed by atoms with E-state index in [9.17, 15) is 9.59 Å². The Hall–Kier alpha value is -2.21. The Morgan fingerprint density at radius 2 is 2.05 bits per heavy atom. The van der Waals surface area contributed by atoms with Crippen LogP contribution in [0, 0.1) is 6.92 Å². The van der Waals surface area contributed by atoms with Gasteiger partial charge in [0.15, 0.2) is 0 Å². The summed E-state index contributed by atoms with van der Waals surface area (Å²) < 4.78 is 1.50. The molecule has 5 nitrogen and oxygen atoms in total. The van der Waals surface area contributed by atoms with E-state index in [0.717, 1.165) is 16.7 Å². The molecule has 2 aromatic rings. The number of hydrogen-bond donors (Lipinski definition) is 2. The zero-order valence-electron chi connectivity index (χ0n) is 12.0. The van der Waals surface area contributed by atoms with E-state index in [1.807, 2.05) is 32.0 Å². The maximum absolute atomic E-state index is 11.9. The van der Waals surface area contributed by atoms with Crippen LogP contribution in [-0.2, 0) is 13.0 Å². The van der Waals surface area contributed by atoms with E-state index in [-0.39, 0.29) is 5.56 Å². The van der Waals surface area contributed by atoms with E-state index in [0.29, 0.717) is 23.5 Å². The van der Waals surface area contributed by atoms with Gasteiger partial charge in [-0.3, -0.25) is 14.3 Å². The van der Waals surface area contributed by atoms with Gasteiger partial charge in [0.1, 0.15) is 4.99 Å². The number of nitrogens with zero attached hydrogens (tertiary/aromatic N) is 1. The predicted octanol–water partition coefficient (Wildman–Crippen LogP) is 1.09. The van der Waals surface area contributed by atoms with Crippen molar-refractivity contribution >= 4 is 17.2 Å². The molecule has 0 amide bonds. The Balaban J connectivity index is 2.41. The van der Waals surface area contributed by atoms with Crippen LogP contribution in [0.5, 0.6) is 0 Å². The minimum atomic E-state index is -0.407. The van der Waals surface area contributed by atoms with Gasteiger partial charge in [-0.1, -0.05) is 31.3 Å². The molecule has 0 bridgehead atoms. The molecule has 0 fully saturated rings. The molecule has 0 aliphatic rings. The number of rotatable bonds is 4. The number of H-pyrrole nitrogens is 1. The SMILES string of the molecule is CCc1cn(Cc2ccc(C(N)=S)cc2C)c(=O)[nH]c1=O. The largest absolute Gasteiger partial charge is 0.389 e. The lowest BCUT2D eigenvalue weighted by molar-refractivity contribution is 0.705. The average molecular weight is 303 g/mol. The van der Waals surface area contributed by atoms with Gasteiger partial charge >= 0.3 is 5.69 Å². The molecule has 0 saturated heterocycles. The second kappa shape index (κ2) is 6.05. The first-order chi connectivity index (χ1) is 9.92. The Labute approximate surface area is 127 Å². The van der Waals surface area contributed by atoms with E-state index in [4.69, 9.17) is 18.0 Å². The number of thiocarbonyl (C=S) groups is 1. The lowest BCUT2D eigenvalue weighted by Gasteiger charge is -2.10. The van der Waals surface area contributed by atoms with Crippen molar-refractivity contribution in [3.63, 3.8) is 0 Å². The molecule has 1 aromatic heterocycles. The lowest BCUT2D eigenvalue weighted by atomic mass is 10.0. The molecule has 0 radical (unpaired) electrons. The third kappa shape index (κ3) is 3.28. The van der Waals surface area contributed by atoms with Crippen LogP contribution in [0.2, 0.25) is 0 Å². The summed E-state index contributed by atoms with van der Waals surface area (Å²) in [7, 11) is 0. The van der Waals surface area contributed by atoms with Gasteiger partial charge in [0.2, 0.25) is 0 Å². The number of aromatic amines is 1. The summed E-state index contributed by atoms with van der Waals surface area (Å²) in [5, 5.41) is 0. The van der Waals surface area contributed by atoms with Crippen molar-refractivity contribution in [1.82, 2.24) is 9.55 Å². The number of aryl methyl sites for hydroxylation is 2. The monoisotopic (exact) mass is 303 g/mol. The highest BCUT2D eigenvalue weighted by Gasteiger charge is 2.07. The topological polar surface area (TPSA) is 80.9 Å². The molecule has 110 valence electrons. The molecule has 0 spiro atoms. The first kappa shape index (κ1) is 15.2. The third-order valence-electron chi connectivity index (χ3n) is 3.43. The zero-order valence-corrected chi connectivity index (χ0v) is 12.8. The molecule has 0 aliphatic heterocycles. The van der Waals surface area contributed by atoms with Crippen LogP contribution >= 0.6 is 12.2 Å². The first-order valence-electron chi connectivity index (χ1n) is 6.64. The molecule has 0 saturated carbocycles. The Bertz CT molecular complexity index is 805. The van der Waals surface area contributed by atoms with Gasteiger partial charge in [-0.05, 0) is 30.5 Å². The van der Waals surface area contributed by atoms with Crippen LogP contribution in [0.15, 0.2) is 34.0 Å². The van der Waals surface area contributed by atoms with Crippen LogP contribution in [-0.4, -0.2) is 14.5 Å². The van der Waals surface area contributed by atoms with E-state index in [1.54, 1.807) is 6.20 Å². The van der Waals surface area contributed by atoms with Crippen LogP contribution in [0.3, 0.4) is 0 Å². The Morgan fingerprint density at radius 3 is 2.62 bits per heavy atom. The fraction of sp³-hybridized carbons (Fsp3) is 0.267. The molecule has 0 atom stereocenters. The minimum Gasteiger partial charge on any atom is -0.389 e. The van der Waals surface area contributed by atoms with Gasteiger partial charge in [0.05, 0.1) is 6.54 Å². The van der Waals surface area contributed by atoms with E-state index >= 15 is 0 Å². The number of nitrogens with two attached hydrogens (primary N) is 1. The fourth-order valence-electron chi connectivity index (χ4n) is 2.13. The van der Waals surface area contributed by atoms with Crippen molar-refractivity contribution in [3.8, 4) is 0 Å².